The molecule has 1 atom stereocenters. The van der Waals surface area contributed by atoms with Gasteiger partial charge in [0.1, 0.15) is 5.82 Å². The summed E-state index contributed by atoms with van der Waals surface area (Å²) in [4.78, 5) is 12.2. The van der Waals surface area contributed by atoms with Crippen LogP contribution in [0.2, 0.25) is 0 Å². The molecule has 0 spiro atoms. The van der Waals surface area contributed by atoms with Gasteiger partial charge in [0.25, 0.3) is 0 Å². The number of nitrogens with two attached hydrogens (primary N) is 1. The Morgan fingerprint density at radius 1 is 1.42 bits per heavy atom. The monoisotopic (exact) mass is 267 g/mol. The summed E-state index contributed by atoms with van der Waals surface area (Å²) in [6.45, 7) is 6.00. The van der Waals surface area contributed by atoms with Crippen LogP contribution < -0.4 is 5.73 Å². The van der Waals surface area contributed by atoms with E-state index < -0.39 is 5.41 Å². The van der Waals surface area contributed by atoms with Gasteiger partial charge in [-0.2, -0.15) is 0 Å². The molecule has 0 aliphatic heterocycles. The van der Waals surface area contributed by atoms with Crippen molar-refractivity contribution in [2.45, 2.75) is 27.2 Å². The number of esters is 1. The van der Waals surface area contributed by atoms with E-state index in [0.29, 0.717) is 12.2 Å². The molecule has 19 heavy (non-hydrogen) atoms. The molecule has 0 heterocycles. The molecule has 0 aliphatic rings. The third-order valence-corrected chi connectivity index (χ3v) is 3.62. The first-order valence-electron chi connectivity index (χ1n) is 6.58. The van der Waals surface area contributed by atoms with Crippen molar-refractivity contribution in [1.82, 2.24) is 0 Å². The maximum Gasteiger partial charge on any atom is 0.313 e. The zero-order valence-electron chi connectivity index (χ0n) is 11.8. The highest BCUT2D eigenvalue weighted by atomic mass is 19.1. The van der Waals surface area contributed by atoms with Crippen molar-refractivity contribution in [2.75, 3.05) is 13.2 Å². The molecular formula is C15H22FNO2. The summed E-state index contributed by atoms with van der Waals surface area (Å²) in [6, 6.07) is 6.46. The van der Waals surface area contributed by atoms with Gasteiger partial charge in [-0.05, 0) is 30.9 Å². The van der Waals surface area contributed by atoms with Crippen LogP contribution in [0.15, 0.2) is 24.3 Å². The van der Waals surface area contributed by atoms with Crippen LogP contribution in [0.25, 0.3) is 0 Å². The van der Waals surface area contributed by atoms with E-state index in [0.717, 1.165) is 0 Å². The van der Waals surface area contributed by atoms with Crippen LogP contribution in [0.4, 0.5) is 4.39 Å². The van der Waals surface area contributed by atoms with Crippen LogP contribution in [0.5, 0.6) is 0 Å². The van der Waals surface area contributed by atoms with Gasteiger partial charge in [-0.25, -0.2) is 4.39 Å². The number of halogens is 1. The summed E-state index contributed by atoms with van der Waals surface area (Å²) in [7, 11) is 0. The van der Waals surface area contributed by atoms with Crippen molar-refractivity contribution in [3.8, 4) is 0 Å². The van der Waals surface area contributed by atoms with Crippen molar-refractivity contribution >= 4 is 5.97 Å². The number of carbonyl (C=O) groups is 1. The molecule has 0 amide bonds. The molecular weight excluding hydrogens is 245 g/mol. The molecule has 3 nitrogen and oxygen atoms in total. The molecule has 0 bridgehead atoms. The minimum absolute atomic E-state index is 0.0313. The molecule has 1 aromatic rings. The van der Waals surface area contributed by atoms with Gasteiger partial charge in [0, 0.05) is 6.54 Å². The fourth-order valence-corrected chi connectivity index (χ4v) is 2.16. The van der Waals surface area contributed by atoms with Crippen LogP contribution in [0.1, 0.15) is 26.3 Å². The second-order valence-corrected chi connectivity index (χ2v) is 5.00. The third kappa shape index (κ3) is 3.32. The van der Waals surface area contributed by atoms with E-state index in [1.54, 1.807) is 25.1 Å². The zero-order chi connectivity index (χ0) is 14.5. The molecule has 0 aliphatic carbocycles. The fourth-order valence-electron chi connectivity index (χ4n) is 2.16. The molecule has 2 N–H and O–H groups in total. The Kier molecular flexibility index (Phi) is 5.48. The molecule has 1 aromatic carbocycles. The second-order valence-electron chi connectivity index (χ2n) is 5.00. The lowest BCUT2D eigenvalue weighted by Gasteiger charge is -2.34. The van der Waals surface area contributed by atoms with Crippen LogP contribution in [-0.2, 0) is 16.0 Å². The fraction of sp³-hybridized carbons (Fsp3) is 0.533. The first kappa shape index (κ1) is 15.6. The van der Waals surface area contributed by atoms with Gasteiger partial charge in [0.15, 0.2) is 0 Å². The van der Waals surface area contributed by atoms with Crippen molar-refractivity contribution in [2.24, 2.45) is 17.1 Å². The molecule has 0 fully saturated rings. The van der Waals surface area contributed by atoms with E-state index in [4.69, 9.17) is 10.5 Å². The highest BCUT2D eigenvalue weighted by Gasteiger charge is 2.42. The molecule has 0 aromatic heterocycles. The molecule has 1 rings (SSSR count). The normalized spacial score (nSPS) is 14.2. The quantitative estimate of drug-likeness (QED) is 0.806. The average Bonchev–Trinajstić information content (AvgIpc) is 2.38. The summed E-state index contributed by atoms with van der Waals surface area (Å²) >= 11 is 0. The smallest absolute Gasteiger partial charge is 0.313 e. The summed E-state index contributed by atoms with van der Waals surface area (Å²) in [5.41, 5.74) is 5.43. The number of hydrogen-bond acceptors (Lipinski definition) is 3. The van der Waals surface area contributed by atoms with Crippen LogP contribution in [0, 0.1) is 17.2 Å². The lowest BCUT2D eigenvalue weighted by molar-refractivity contribution is -0.157. The number of benzene rings is 1. The van der Waals surface area contributed by atoms with E-state index in [9.17, 15) is 9.18 Å². The zero-order valence-corrected chi connectivity index (χ0v) is 11.8. The first-order chi connectivity index (χ1) is 8.97. The van der Waals surface area contributed by atoms with E-state index in [1.165, 1.54) is 6.07 Å². The summed E-state index contributed by atoms with van der Waals surface area (Å²) in [5, 5.41) is 0. The lowest BCUT2D eigenvalue weighted by Crippen LogP contribution is -2.46. The van der Waals surface area contributed by atoms with E-state index in [2.05, 4.69) is 0 Å². The predicted octanol–water partition coefficient (Wildman–Crippen LogP) is 2.53. The first-order valence-corrected chi connectivity index (χ1v) is 6.58. The van der Waals surface area contributed by atoms with Crippen molar-refractivity contribution in [3.63, 3.8) is 0 Å². The van der Waals surface area contributed by atoms with E-state index in [1.807, 2.05) is 13.8 Å². The molecule has 0 saturated carbocycles. The van der Waals surface area contributed by atoms with Crippen LogP contribution >= 0.6 is 0 Å². The van der Waals surface area contributed by atoms with Crippen LogP contribution in [0.3, 0.4) is 0 Å². The topological polar surface area (TPSA) is 52.3 Å². The largest absolute Gasteiger partial charge is 0.466 e. The van der Waals surface area contributed by atoms with Gasteiger partial charge in [0.2, 0.25) is 0 Å². The summed E-state index contributed by atoms with van der Waals surface area (Å²) in [6.07, 6.45) is 0.257. The maximum absolute atomic E-state index is 13.8. The Hall–Kier alpha value is -1.42. The highest BCUT2D eigenvalue weighted by molar-refractivity contribution is 5.78. The van der Waals surface area contributed by atoms with Gasteiger partial charge in [-0.3, -0.25) is 4.79 Å². The Bertz CT molecular complexity index is 434. The maximum atomic E-state index is 13.8. The van der Waals surface area contributed by atoms with Crippen LogP contribution in [-0.4, -0.2) is 19.1 Å². The number of rotatable bonds is 6. The molecule has 0 saturated heterocycles. The summed E-state index contributed by atoms with van der Waals surface area (Å²) < 4.78 is 18.9. The lowest BCUT2D eigenvalue weighted by atomic mass is 9.72. The van der Waals surface area contributed by atoms with Crippen molar-refractivity contribution in [1.29, 1.82) is 0 Å². The van der Waals surface area contributed by atoms with Gasteiger partial charge < -0.3 is 10.5 Å². The van der Waals surface area contributed by atoms with Gasteiger partial charge in [0.05, 0.1) is 12.0 Å². The standard InChI is InChI=1S/C15H22FNO2/c1-4-19-14(18)15(10-17,11(2)3)9-12-7-5-6-8-13(12)16/h5-8,11H,4,9-10,17H2,1-3H3. The SMILES string of the molecule is CCOC(=O)C(CN)(Cc1ccccc1F)C(C)C. The van der Waals surface area contributed by atoms with Gasteiger partial charge in [-0.15, -0.1) is 0 Å². The van der Waals surface area contributed by atoms with E-state index >= 15 is 0 Å². The van der Waals surface area contributed by atoms with Crippen molar-refractivity contribution < 1.29 is 13.9 Å². The molecule has 0 radical (unpaired) electrons. The van der Waals surface area contributed by atoms with Crippen molar-refractivity contribution in [3.05, 3.63) is 35.6 Å². The van der Waals surface area contributed by atoms with Gasteiger partial charge in [-0.1, -0.05) is 32.0 Å². The number of ether oxygens (including phenoxy) is 1. The molecule has 4 heteroatoms. The highest BCUT2D eigenvalue weighted by Crippen LogP contribution is 2.33. The minimum Gasteiger partial charge on any atom is -0.466 e. The minimum atomic E-state index is -0.877. The molecule has 1 unspecified atom stereocenters. The number of hydrogen-bond donors (Lipinski definition) is 1. The Balaban J connectivity index is 3.11. The van der Waals surface area contributed by atoms with E-state index in [-0.39, 0.29) is 30.7 Å². The Labute approximate surface area is 113 Å². The number of carbonyl (C=O) groups excluding carboxylic acids is 1. The van der Waals surface area contributed by atoms with Gasteiger partial charge >= 0.3 is 5.97 Å². The molecule has 106 valence electrons. The Morgan fingerprint density at radius 3 is 2.53 bits per heavy atom. The summed E-state index contributed by atoms with van der Waals surface area (Å²) in [5.74, 6) is -0.697. The third-order valence-electron chi connectivity index (χ3n) is 3.62. The Morgan fingerprint density at radius 2 is 2.05 bits per heavy atom. The average molecular weight is 267 g/mol. The predicted molar refractivity (Wildman–Crippen MR) is 73.1 cm³/mol. The second kappa shape index (κ2) is 6.66.